The third kappa shape index (κ3) is 3.45. The minimum Gasteiger partial charge on any atom is -0.388 e. The zero-order chi connectivity index (χ0) is 17.1. The molecular weight excluding hydrogens is 308 g/mol. The highest BCUT2D eigenvalue weighted by Crippen LogP contribution is 2.32. The highest BCUT2D eigenvalue weighted by atomic mass is 19.1. The van der Waals surface area contributed by atoms with Crippen molar-refractivity contribution in [2.75, 3.05) is 13.6 Å². The molecule has 0 bridgehead atoms. The van der Waals surface area contributed by atoms with Crippen molar-refractivity contribution in [3.05, 3.63) is 83.4 Å². The van der Waals surface area contributed by atoms with E-state index in [1.54, 1.807) is 7.05 Å². The number of hydrogen-bond donors (Lipinski definition) is 2. The number of halogens is 2. The van der Waals surface area contributed by atoms with Crippen LogP contribution in [0.4, 0.5) is 8.78 Å². The summed E-state index contributed by atoms with van der Waals surface area (Å²) in [5.74, 6) is -1.70. The fourth-order valence-electron chi connectivity index (χ4n) is 3.05. The maximum atomic E-state index is 13.5. The van der Waals surface area contributed by atoms with Crippen LogP contribution in [0.15, 0.2) is 60.7 Å². The van der Waals surface area contributed by atoms with E-state index in [1.807, 2.05) is 42.5 Å². The molecule has 2 unspecified atom stereocenters. The van der Waals surface area contributed by atoms with Gasteiger partial charge in [0.1, 0.15) is 11.6 Å². The Bertz CT molecular complexity index is 830. The van der Waals surface area contributed by atoms with Crippen LogP contribution >= 0.6 is 0 Å². The summed E-state index contributed by atoms with van der Waals surface area (Å²) in [5.41, 5.74) is 1.15. The summed E-state index contributed by atoms with van der Waals surface area (Å²) in [6, 6.07) is 17.1. The second-order valence-corrected chi connectivity index (χ2v) is 5.92. The Balaban J connectivity index is 2.00. The van der Waals surface area contributed by atoms with Gasteiger partial charge >= 0.3 is 0 Å². The minimum absolute atomic E-state index is 0.237. The molecule has 0 heterocycles. The van der Waals surface area contributed by atoms with Gasteiger partial charge in [-0.2, -0.15) is 0 Å². The van der Waals surface area contributed by atoms with Crippen LogP contribution in [0.5, 0.6) is 0 Å². The summed E-state index contributed by atoms with van der Waals surface area (Å²) in [7, 11) is 1.78. The Labute approximate surface area is 139 Å². The van der Waals surface area contributed by atoms with Crippen molar-refractivity contribution in [2.45, 2.75) is 12.0 Å². The van der Waals surface area contributed by atoms with E-state index >= 15 is 0 Å². The van der Waals surface area contributed by atoms with E-state index in [2.05, 4.69) is 5.32 Å². The SMILES string of the molecule is CNCC(c1ccc2ccccc2c1)C(O)c1cc(F)cc(F)c1. The molecule has 0 aliphatic heterocycles. The van der Waals surface area contributed by atoms with Crippen LogP contribution in [0.2, 0.25) is 0 Å². The number of benzene rings is 3. The van der Waals surface area contributed by atoms with Gasteiger partial charge in [-0.05, 0) is 41.1 Å². The van der Waals surface area contributed by atoms with E-state index in [4.69, 9.17) is 0 Å². The Kier molecular flexibility index (Phi) is 4.88. The van der Waals surface area contributed by atoms with Crippen LogP contribution in [0.25, 0.3) is 10.8 Å². The molecule has 0 aliphatic rings. The van der Waals surface area contributed by atoms with Crippen molar-refractivity contribution in [1.82, 2.24) is 5.32 Å². The predicted molar refractivity (Wildman–Crippen MR) is 91.9 cm³/mol. The summed E-state index contributed by atoms with van der Waals surface area (Å²) in [5, 5.41) is 15.9. The fraction of sp³-hybridized carbons (Fsp3) is 0.200. The van der Waals surface area contributed by atoms with Crippen LogP contribution in [0.1, 0.15) is 23.1 Å². The van der Waals surface area contributed by atoms with Crippen LogP contribution in [0, 0.1) is 11.6 Å². The molecule has 2 atom stereocenters. The van der Waals surface area contributed by atoms with Gasteiger partial charge in [0, 0.05) is 18.5 Å². The summed E-state index contributed by atoms with van der Waals surface area (Å²) in [4.78, 5) is 0. The van der Waals surface area contributed by atoms with Crippen molar-refractivity contribution in [2.24, 2.45) is 0 Å². The van der Waals surface area contributed by atoms with E-state index in [1.165, 1.54) is 12.1 Å². The molecule has 0 amide bonds. The molecule has 24 heavy (non-hydrogen) atoms. The van der Waals surface area contributed by atoms with E-state index in [9.17, 15) is 13.9 Å². The van der Waals surface area contributed by atoms with Gasteiger partial charge < -0.3 is 10.4 Å². The van der Waals surface area contributed by atoms with Gasteiger partial charge in [0.2, 0.25) is 0 Å². The molecule has 0 aromatic heterocycles. The number of aliphatic hydroxyl groups excluding tert-OH is 1. The first-order valence-corrected chi connectivity index (χ1v) is 7.86. The molecule has 0 fully saturated rings. The second kappa shape index (κ2) is 7.07. The molecular formula is C20H19F2NO. The zero-order valence-electron chi connectivity index (χ0n) is 13.3. The molecule has 4 heteroatoms. The molecule has 0 saturated carbocycles. The standard InChI is InChI=1S/C20H19F2NO/c1-23-12-19(20(24)16-9-17(21)11-18(22)10-16)15-7-6-13-4-2-3-5-14(13)8-15/h2-11,19-20,23-24H,12H2,1H3. The third-order valence-electron chi connectivity index (χ3n) is 4.23. The highest BCUT2D eigenvalue weighted by molar-refractivity contribution is 5.83. The van der Waals surface area contributed by atoms with Crippen molar-refractivity contribution in [3.63, 3.8) is 0 Å². The number of hydrogen-bond acceptors (Lipinski definition) is 2. The number of nitrogens with one attached hydrogen (secondary N) is 1. The van der Waals surface area contributed by atoms with Crippen LogP contribution in [-0.2, 0) is 0 Å². The summed E-state index contributed by atoms with van der Waals surface area (Å²) in [6.07, 6.45) is -1.01. The largest absolute Gasteiger partial charge is 0.388 e. The average Bonchev–Trinajstić information content (AvgIpc) is 2.58. The Morgan fingerprint density at radius 1 is 0.875 bits per heavy atom. The van der Waals surface area contributed by atoms with Gasteiger partial charge in [-0.25, -0.2) is 8.78 Å². The molecule has 3 rings (SSSR count). The molecule has 3 aromatic rings. The zero-order valence-corrected chi connectivity index (χ0v) is 13.3. The Hall–Kier alpha value is -2.30. The first-order chi connectivity index (χ1) is 11.6. The van der Waals surface area contributed by atoms with Gasteiger partial charge in [-0.15, -0.1) is 0 Å². The van der Waals surface area contributed by atoms with Crippen LogP contribution in [0.3, 0.4) is 0 Å². The number of likely N-dealkylation sites (N-methyl/N-ethyl adjacent to an activating group) is 1. The maximum Gasteiger partial charge on any atom is 0.126 e. The van der Waals surface area contributed by atoms with Gasteiger partial charge in [0.15, 0.2) is 0 Å². The lowest BCUT2D eigenvalue weighted by Crippen LogP contribution is -2.23. The van der Waals surface area contributed by atoms with E-state index < -0.39 is 17.7 Å². The minimum atomic E-state index is -1.01. The number of rotatable bonds is 5. The number of aliphatic hydroxyl groups is 1. The Morgan fingerprint density at radius 3 is 2.21 bits per heavy atom. The molecule has 124 valence electrons. The fourth-order valence-corrected chi connectivity index (χ4v) is 3.05. The molecule has 0 radical (unpaired) electrons. The van der Waals surface area contributed by atoms with E-state index in [0.29, 0.717) is 6.54 Å². The van der Waals surface area contributed by atoms with Crippen LogP contribution < -0.4 is 5.32 Å². The molecule has 0 aliphatic carbocycles. The maximum absolute atomic E-state index is 13.5. The lowest BCUT2D eigenvalue weighted by atomic mass is 9.88. The first kappa shape index (κ1) is 16.6. The lowest BCUT2D eigenvalue weighted by Gasteiger charge is -2.24. The summed E-state index contributed by atoms with van der Waals surface area (Å²) in [6.45, 7) is 0.484. The van der Waals surface area contributed by atoms with Crippen LogP contribution in [-0.4, -0.2) is 18.7 Å². The highest BCUT2D eigenvalue weighted by Gasteiger charge is 2.23. The first-order valence-electron chi connectivity index (χ1n) is 7.86. The van der Waals surface area contributed by atoms with Gasteiger partial charge in [-0.1, -0.05) is 42.5 Å². The van der Waals surface area contributed by atoms with Gasteiger partial charge in [-0.3, -0.25) is 0 Å². The predicted octanol–water partition coefficient (Wildman–Crippen LogP) is 4.15. The van der Waals surface area contributed by atoms with Gasteiger partial charge in [0.25, 0.3) is 0 Å². The summed E-state index contributed by atoms with van der Waals surface area (Å²) < 4.78 is 27.0. The average molecular weight is 327 g/mol. The molecule has 2 N–H and O–H groups in total. The lowest BCUT2D eigenvalue weighted by molar-refractivity contribution is 0.143. The van der Waals surface area contributed by atoms with Crippen molar-refractivity contribution in [3.8, 4) is 0 Å². The van der Waals surface area contributed by atoms with Crippen molar-refractivity contribution < 1.29 is 13.9 Å². The smallest absolute Gasteiger partial charge is 0.126 e. The quantitative estimate of drug-likeness (QED) is 0.738. The van der Waals surface area contributed by atoms with Gasteiger partial charge in [0.05, 0.1) is 6.10 Å². The third-order valence-corrected chi connectivity index (χ3v) is 4.23. The van der Waals surface area contributed by atoms with Crippen molar-refractivity contribution >= 4 is 10.8 Å². The second-order valence-electron chi connectivity index (χ2n) is 5.92. The summed E-state index contributed by atoms with van der Waals surface area (Å²) >= 11 is 0. The normalized spacial score (nSPS) is 13.8. The molecule has 0 spiro atoms. The Morgan fingerprint density at radius 2 is 1.54 bits per heavy atom. The molecule has 3 aromatic carbocycles. The van der Waals surface area contributed by atoms with E-state index in [0.717, 1.165) is 22.4 Å². The van der Waals surface area contributed by atoms with Crippen molar-refractivity contribution in [1.29, 1.82) is 0 Å². The molecule has 0 saturated heterocycles. The molecule has 2 nitrogen and oxygen atoms in total. The monoisotopic (exact) mass is 327 g/mol. The topological polar surface area (TPSA) is 32.3 Å². The van der Waals surface area contributed by atoms with E-state index in [-0.39, 0.29) is 11.5 Å². The number of fused-ring (bicyclic) bond motifs is 1.